The molecule has 6 heteroatoms. The van der Waals surface area contributed by atoms with Crippen molar-refractivity contribution in [3.05, 3.63) is 44.3 Å². The lowest BCUT2D eigenvalue weighted by Gasteiger charge is -2.14. The molecular formula is C15H16BrNO3S. The number of carboxylic acid groups (broad SMARTS) is 1. The average Bonchev–Trinajstić information content (AvgIpc) is 2.86. The van der Waals surface area contributed by atoms with Crippen molar-refractivity contribution in [2.75, 3.05) is 0 Å². The first kappa shape index (κ1) is 16.0. The van der Waals surface area contributed by atoms with Gasteiger partial charge in [-0.3, -0.25) is 0 Å². The van der Waals surface area contributed by atoms with Crippen molar-refractivity contribution < 1.29 is 14.6 Å². The molecule has 0 spiro atoms. The monoisotopic (exact) mass is 369 g/mol. The standard InChI is InChI=1S/C15H16BrNO3S/c1-15(2,3)12-8-21-13(17-12)7-20-11-6-9(14(18)19)4-5-10(11)16/h4-6,8H,7H2,1-3H3,(H,18,19). The van der Waals surface area contributed by atoms with Crippen LogP contribution in [0.25, 0.3) is 0 Å². The maximum Gasteiger partial charge on any atom is 0.335 e. The summed E-state index contributed by atoms with van der Waals surface area (Å²) in [5.41, 5.74) is 1.24. The van der Waals surface area contributed by atoms with Gasteiger partial charge in [0.05, 0.1) is 15.7 Å². The molecule has 0 atom stereocenters. The number of aromatic nitrogens is 1. The maximum atomic E-state index is 11.0. The first-order valence-electron chi connectivity index (χ1n) is 6.38. The maximum absolute atomic E-state index is 11.0. The Kier molecular flexibility index (Phi) is 4.68. The summed E-state index contributed by atoms with van der Waals surface area (Å²) in [6, 6.07) is 4.70. The zero-order chi connectivity index (χ0) is 15.6. The van der Waals surface area contributed by atoms with Gasteiger partial charge in [0.1, 0.15) is 17.4 Å². The van der Waals surface area contributed by atoms with Crippen LogP contribution in [0.4, 0.5) is 0 Å². The molecule has 0 saturated heterocycles. The summed E-state index contributed by atoms with van der Waals surface area (Å²) in [5, 5.41) is 11.9. The SMILES string of the molecule is CC(C)(C)c1csc(COc2cc(C(=O)O)ccc2Br)n1. The predicted octanol–water partition coefficient (Wildman–Crippen LogP) is 4.48. The van der Waals surface area contributed by atoms with Gasteiger partial charge in [-0.15, -0.1) is 11.3 Å². The van der Waals surface area contributed by atoms with Gasteiger partial charge in [-0.25, -0.2) is 9.78 Å². The minimum Gasteiger partial charge on any atom is -0.485 e. The van der Waals surface area contributed by atoms with Crippen LogP contribution >= 0.6 is 27.3 Å². The van der Waals surface area contributed by atoms with Crippen LogP contribution in [-0.4, -0.2) is 16.1 Å². The number of aromatic carboxylic acids is 1. The van der Waals surface area contributed by atoms with Gasteiger partial charge < -0.3 is 9.84 Å². The van der Waals surface area contributed by atoms with Crippen molar-refractivity contribution in [3.63, 3.8) is 0 Å². The van der Waals surface area contributed by atoms with E-state index in [2.05, 4.69) is 41.7 Å². The molecule has 0 fully saturated rings. The normalized spacial score (nSPS) is 11.4. The molecule has 0 unspecified atom stereocenters. The van der Waals surface area contributed by atoms with Crippen LogP contribution < -0.4 is 4.74 Å². The molecule has 2 rings (SSSR count). The van der Waals surface area contributed by atoms with Gasteiger partial charge in [0.15, 0.2) is 0 Å². The highest BCUT2D eigenvalue weighted by Crippen LogP contribution is 2.28. The smallest absolute Gasteiger partial charge is 0.335 e. The Morgan fingerprint density at radius 2 is 2.14 bits per heavy atom. The molecule has 1 aromatic heterocycles. The molecule has 0 bridgehead atoms. The minimum atomic E-state index is -0.975. The van der Waals surface area contributed by atoms with E-state index >= 15 is 0 Å². The van der Waals surface area contributed by atoms with Gasteiger partial charge in [-0.1, -0.05) is 20.8 Å². The quantitative estimate of drug-likeness (QED) is 0.862. The lowest BCUT2D eigenvalue weighted by atomic mass is 9.93. The Bertz CT molecular complexity index is 661. The average molecular weight is 370 g/mol. The number of carboxylic acids is 1. The number of ether oxygens (including phenoxy) is 1. The zero-order valence-corrected chi connectivity index (χ0v) is 14.4. The van der Waals surface area contributed by atoms with Crippen LogP contribution in [0.2, 0.25) is 0 Å². The molecule has 1 aromatic carbocycles. The van der Waals surface area contributed by atoms with Crippen molar-refractivity contribution in [2.45, 2.75) is 32.8 Å². The molecule has 4 nitrogen and oxygen atoms in total. The molecule has 0 aliphatic carbocycles. The van der Waals surface area contributed by atoms with Gasteiger partial charge in [0.2, 0.25) is 0 Å². The second-order valence-electron chi connectivity index (χ2n) is 5.62. The lowest BCUT2D eigenvalue weighted by Crippen LogP contribution is -2.11. The molecule has 112 valence electrons. The molecule has 0 amide bonds. The van der Waals surface area contributed by atoms with Crippen LogP contribution in [0.5, 0.6) is 5.75 Å². The highest BCUT2D eigenvalue weighted by atomic mass is 79.9. The highest BCUT2D eigenvalue weighted by Gasteiger charge is 2.17. The minimum absolute atomic E-state index is 0.0125. The largest absolute Gasteiger partial charge is 0.485 e. The van der Waals surface area contributed by atoms with Crippen LogP contribution in [-0.2, 0) is 12.0 Å². The molecule has 1 N–H and O–H groups in total. The van der Waals surface area contributed by atoms with E-state index in [1.807, 2.05) is 5.38 Å². The van der Waals surface area contributed by atoms with Gasteiger partial charge in [0, 0.05) is 10.8 Å². The van der Waals surface area contributed by atoms with E-state index in [1.54, 1.807) is 17.4 Å². The van der Waals surface area contributed by atoms with E-state index in [9.17, 15) is 4.79 Å². The van der Waals surface area contributed by atoms with E-state index in [4.69, 9.17) is 9.84 Å². The van der Waals surface area contributed by atoms with E-state index in [1.165, 1.54) is 12.1 Å². The Morgan fingerprint density at radius 1 is 1.43 bits per heavy atom. The number of rotatable bonds is 4. The predicted molar refractivity (Wildman–Crippen MR) is 86.2 cm³/mol. The van der Waals surface area contributed by atoms with E-state index in [0.29, 0.717) is 12.4 Å². The summed E-state index contributed by atoms with van der Waals surface area (Å²) in [6.07, 6.45) is 0. The molecule has 0 saturated carbocycles. The Balaban J connectivity index is 2.11. The number of benzene rings is 1. The fourth-order valence-electron chi connectivity index (χ4n) is 1.61. The summed E-state index contributed by atoms with van der Waals surface area (Å²) < 4.78 is 6.40. The summed E-state index contributed by atoms with van der Waals surface area (Å²) >= 11 is 4.90. The third-order valence-corrected chi connectivity index (χ3v) is 4.33. The first-order chi connectivity index (χ1) is 9.77. The molecular weight excluding hydrogens is 354 g/mol. The van der Waals surface area contributed by atoms with Crippen LogP contribution in [0.15, 0.2) is 28.1 Å². The number of halogens is 1. The van der Waals surface area contributed by atoms with E-state index in [0.717, 1.165) is 15.2 Å². The number of nitrogens with zero attached hydrogens (tertiary/aromatic N) is 1. The summed E-state index contributed by atoms with van der Waals surface area (Å²) in [6.45, 7) is 6.65. The number of hydrogen-bond donors (Lipinski definition) is 1. The molecule has 21 heavy (non-hydrogen) atoms. The fourth-order valence-corrected chi connectivity index (χ4v) is 2.90. The highest BCUT2D eigenvalue weighted by molar-refractivity contribution is 9.10. The van der Waals surface area contributed by atoms with E-state index < -0.39 is 5.97 Å². The van der Waals surface area contributed by atoms with Crippen molar-refractivity contribution >= 4 is 33.2 Å². The van der Waals surface area contributed by atoms with Crippen LogP contribution in [0, 0.1) is 0 Å². The topological polar surface area (TPSA) is 59.4 Å². The molecule has 1 heterocycles. The summed E-state index contributed by atoms with van der Waals surface area (Å²) in [7, 11) is 0. The van der Waals surface area contributed by atoms with Crippen LogP contribution in [0.1, 0.15) is 41.8 Å². The molecule has 0 aliphatic rings. The third-order valence-electron chi connectivity index (χ3n) is 2.85. The second kappa shape index (κ2) is 6.15. The van der Waals surface area contributed by atoms with Crippen LogP contribution in [0.3, 0.4) is 0 Å². The van der Waals surface area contributed by atoms with Crippen molar-refractivity contribution in [3.8, 4) is 5.75 Å². The molecule has 0 aliphatic heterocycles. The van der Waals surface area contributed by atoms with Gasteiger partial charge in [-0.2, -0.15) is 0 Å². The third kappa shape index (κ3) is 4.04. The van der Waals surface area contributed by atoms with Gasteiger partial charge in [-0.05, 0) is 34.1 Å². The lowest BCUT2D eigenvalue weighted by molar-refractivity contribution is 0.0696. The van der Waals surface area contributed by atoms with Crippen molar-refractivity contribution in [1.82, 2.24) is 4.98 Å². The number of hydrogen-bond acceptors (Lipinski definition) is 4. The summed E-state index contributed by atoms with van der Waals surface area (Å²) in [4.78, 5) is 15.5. The van der Waals surface area contributed by atoms with Gasteiger partial charge in [0.25, 0.3) is 0 Å². The zero-order valence-electron chi connectivity index (χ0n) is 12.0. The molecule has 2 aromatic rings. The Morgan fingerprint density at radius 3 is 2.71 bits per heavy atom. The Hall–Kier alpha value is -1.40. The Labute approximate surface area is 135 Å². The van der Waals surface area contributed by atoms with Crippen molar-refractivity contribution in [1.29, 1.82) is 0 Å². The van der Waals surface area contributed by atoms with Gasteiger partial charge >= 0.3 is 5.97 Å². The summed E-state index contributed by atoms with van der Waals surface area (Å²) in [5.74, 6) is -0.473. The second-order valence-corrected chi connectivity index (χ2v) is 7.41. The molecule has 0 radical (unpaired) electrons. The number of carbonyl (C=O) groups is 1. The van der Waals surface area contributed by atoms with E-state index in [-0.39, 0.29) is 11.0 Å². The fraction of sp³-hybridized carbons (Fsp3) is 0.333. The first-order valence-corrected chi connectivity index (χ1v) is 8.05. The number of thiazole rings is 1. The van der Waals surface area contributed by atoms with Crippen molar-refractivity contribution in [2.24, 2.45) is 0 Å².